The third-order valence-corrected chi connectivity index (χ3v) is 3.91. The molecule has 3 heteroatoms. The van der Waals surface area contributed by atoms with E-state index in [2.05, 4.69) is 19.2 Å². The molecule has 0 spiro atoms. The molecule has 1 N–H and O–H groups in total. The predicted molar refractivity (Wildman–Crippen MR) is 87.0 cm³/mol. The lowest BCUT2D eigenvalue weighted by Crippen LogP contribution is -2.25. The molecule has 1 atom stereocenters. The van der Waals surface area contributed by atoms with Crippen molar-refractivity contribution in [3.63, 3.8) is 0 Å². The van der Waals surface area contributed by atoms with E-state index in [1.807, 2.05) is 36.4 Å². The molecule has 1 unspecified atom stereocenters. The number of benzene rings is 2. The van der Waals surface area contributed by atoms with Crippen LogP contribution in [-0.4, -0.2) is 0 Å². The number of hydrogen-bond acceptors (Lipinski definition) is 1. The van der Waals surface area contributed by atoms with Crippen LogP contribution in [-0.2, 0) is 6.54 Å². The number of aryl methyl sites for hydroxylation is 1. The number of hydrogen-bond donors (Lipinski definition) is 1. The zero-order valence-corrected chi connectivity index (χ0v) is 13.4. The van der Waals surface area contributed by atoms with Gasteiger partial charge in [-0.15, -0.1) is 0 Å². The van der Waals surface area contributed by atoms with E-state index in [9.17, 15) is 4.39 Å². The van der Waals surface area contributed by atoms with E-state index >= 15 is 0 Å². The molecular formula is C18H21ClFN. The molecule has 1 nitrogen and oxygen atoms in total. The van der Waals surface area contributed by atoms with E-state index in [4.69, 9.17) is 11.6 Å². The fourth-order valence-electron chi connectivity index (χ4n) is 2.38. The fraction of sp³-hybridized carbons (Fsp3) is 0.333. The summed E-state index contributed by atoms with van der Waals surface area (Å²) in [6, 6.07) is 13.5. The molecular weight excluding hydrogens is 285 g/mol. The summed E-state index contributed by atoms with van der Waals surface area (Å²) in [6.07, 6.45) is 0. The Morgan fingerprint density at radius 3 is 2.33 bits per heavy atom. The van der Waals surface area contributed by atoms with Crippen LogP contribution >= 0.6 is 11.6 Å². The normalized spacial score (nSPS) is 12.7. The lowest BCUT2D eigenvalue weighted by Gasteiger charge is -2.23. The van der Waals surface area contributed by atoms with Crippen LogP contribution in [0.5, 0.6) is 0 Å². The van der Waals surface area contributed by atoms with Crippen LogP contribution < -0.4 is 5.32 Å². The van der Waals surface area contributed by atoms with Crippen LogP contribution in [0.15, 0.2) is 42.5 Å². The van der Waals surface area contributed by atoms with Crippen molar-refractivity contribution in [1.82, 2.24) is 5.32 Å². The van der Waals surface area contributed by atoms with E-state index < -0.39 is 0 Å². The van der Waals surface area contributed by atoms with Crippen LogP contribution in [0.25, 0.3) is 0 Å². The summed E-state index contributed by atoms with van der Waals surface area (Å²) in [7, 11) is 0. The highest BCUT2D eigenvalue weighted by atomic mass is 35.5. The summed E-state index contributed by atoms with van der Waals surface area (Å²) in [5.41, 5.74) is 2.83. The molecule has 0 fully saturated rings. The van der Waals surface area contributed by atoms with Crippen LogP contribution in [0, 0.1) is 18.7 Å². The van der Waals surface area contributed by atoms with Crippen molar-refractivity contribution in [1.29, 1.82) is 0 Å². The molecule has 2 aromatic carbocycles. The monoisotopic (exact) mass is 305 g/mol. The Labute approximate surface area is 131 Å². The lowest BCUT2D eigenvalue weighted by molar-refractivity contribution is 0.410. The standard InChI is InChI=1S/C18H21ClFN/c1-12(2)18(15-6-8-16(19)9-7-15)21-11-14-5-4-13(3)17(20)10-14/h4-10,12,18,21H,11H2,1-3H3. The first-order chi connectivity index (χ1) is 9.97. The quantitative estimate of drug-likeness (QED) is 0.793. The maximum atomic E-state index is 13.6. The summed E-state index contributed by atoms with van der Waals surface area (Å²) >= 11 is 5.94. The Bertz CT molecular complexity index is 593. The van der Waals surface area contributed by atoms with Crippen LogP contribution in [0.3, 0.4) is 0 Å². The summed E-state index contributed by atoms with van der Waals surface area (Å²) in [5.74, 6) is 0.281. The summed E-state index contributed by atoms with van der Waals surface area (Å²) < 4.78 is 13.6. The van der Waals surface area contributed by atoms with E-state index in [0.717, 1.165) is 10.6 Å². The molecule has 0 aromatic heterocycles. The third-order valence-electron chi connectivity index (χ3n) is 3.66. The summed E-state index contributed by atoms with van der Waals surface area (Å²) in [6.45, 7) is 6.75. The van der Waals surface area contributed by atoms with Gasteiger partial charge in [-0.05, 0) is 47.7 Å². The Morgan fingerprint density at radius 2 is 1.76 bits per heavy atom. The molecule has 0 saturated carbocycles. The molecule has 2 aromatic rings. The van der Waals surface area contributed by atoms with Gasteiger partial charge >= 0.3 is 0 Å². The first-order valence-electron chi connectivity index (χ1n) is 7.21. The molecule has 0 heterocycles. The van der Waals surface area contributed by atoms with Gasteiger partial charge in [0.15, 0.2) is 0 Å². The minimum Gasteiger partial charge on any atom is -0.306 e. The zero-order chi connectivity index (χ0) is 15.4. The van der Waals surface area contributed by atoms with Crippen LogP contribution in [0.2, 0.25) is 5.02 Å². The van der Waals surface area contributed by atoms with Gasteiger partial charge in [-0.2, -0.15) is 0 Å². The van der Waals surface area contributed by atoms with Crippen molar-refractivity contribution in [2.45, 2.75) is 33.4 Å². The van der Waals surface area contributed by atoms with Crippen molar-refractivity contribution in [2.75, 3.05) is 0 Å². The van der Waals surface area contributed by atoms with Crippen molar-refractivity contribution in [2.24, 2.45) is 5.92 Å². The van der Waals surface area contributed by atoms with Gasteiger partial charge in [0.2, 0.25) is 0 Å². The first-order valence-corrected chi connectivity index (χ1v) is 7.59. The van der Waals surface area contributed by atoms with E-state index in [1.165, 1.54) is 5.56 Å². The lowest BCUT2D eigenvalue weighted by atomic mass is 9.96. The number of rotatable bonds is 5. The molecule has 0 aliphatic rings. The SMILES string of the molecule is Cc1ccc(CNC(c2ccc(Cl)cc2)C(C)C)cc1F. The van der Waals surface area contributed by atoms with E-state index in [1.54, 1.807) is 13.0 Å². The summed E-state index contributed by atoms with van der Waals surface area (Å²) in [5, 5.41) is 4.25. The maximum absolute atomic E-state index is 13.6. The van der Waals surface area contributed by atoms with Crippen molar-refractivity contribution in [3.05, 3.63) is 70.0 Å². The van der Waals surface area contributed by atoms with Gasteiger partial charge in [0.25, 0.3) is 0 Å². The maximum Gasteiger partial charge on any atom is 0.126 e. The molecule has 0 radical (unpaired) electrons. The van der Waals surface area contributed by atoms with Gasteiger partial charge in [-0.25, -0.2) is 4.39 Å². The van der Waals surface area contributed by atoms with Gasteiger partial charge < -0.3 is 5.32 Å². The van der Waals surface area contributed by atoms with Gasteiger partial charge in [0, 0.05) is 17.6 Å². The number of halogens is 2. The molecule has 0 bridgehead atoms. The molecule has 0 amide bonds. The fourth-order valence-corrected chi connectivity index (χ4v) is 2.51. The molecule has 0 aliphatic heterocycles. The highest BCUT2D eigenvalue weighted by Crippen LogP contribution is 2.24. The highest BCUT2D eigenvalue weighted by molar-refractivity contribution is 6.30. The average molecular weight is 306 g/mol. The van der Waals surface area contributed by atoms with Crippen LogP contribution in [0.4, 0.5) is 4.39 Å². The van der Waals surface area contributed by atoms with Crippen molar-refractivity contribution >= 4 is 11.6 Å². The Morgan fingerprint density at radius 1 is 1.10 bits per heavy atom. The van der Waals surface area contributed by atoms with Gasteiger partial charge in [0.1, 0.15) is 5.82 Å². The average Bonchev–Trinajstić information content (AvgIpc) is 2.44. The first kappa shape index (κ1) is 16.0. The molecule has 2 rings (SSSR count). The Kier molecular flexibility index (Phi) is 5.38. The largest absolute Gasteiger partial charge is 0.306 e. The molecule has 0 saturated heterocycles. The number of nitrogens with one attached hydrogen (secondary N) is 1. The topological polar surface area (TPSA) is 12.0 Å². The summed E-state index contributed by atoms with van der Waals surface area (Å²) in [4.78, 5) is 0. The predicted octanol–water partition coefficient (Wildman–Crippen LogP) is 5.27. The van der Waals surface area contributed by atoms with Crippen molar-refractivity contribution < 1.29 is 4.39 Å². The van der Waals surface area contributed by atoms with E-state index in [-0.39, 0.29) is 11.9 Å². The van der Waals surface area contributed by atoms with Gasteiger partial charge in [0.05, 0.1) is 0 Å². The zero-order valence-electron chi connectivity index (χ0n) is 12.7. The minimum atomic E-state index is -0.151. The highest BCUT2D eigenvalue weighted by Gasteiger charge is 2.15. The third kappa shape index (κ3) is 4.29. The second-order valence-corrected chi connectivity index (χ2v) is 6.17. The van der Waals surface area contributed by atoms with Gasteiger partial charge in [-0.1, -0.05) is 49.7 Å². The molecule has 0 aliphatic carbocycles. The van der Waals surface area contributed by atoms with Crippen molar-refractivity contribution in [3.8, 4) is 0 Å². The molecule has 112 valence electrons. The Balaban J connectivity index is 2.09. The second kappa shape index (κ2) is 7.06. The second-order valence-electron chi connectivity index (χ2n) is 5.74. The van der Waals surface area contributed by atoms with Gasteiger partial charge in [-0.3, -0.25) is 0 Å². The smallest absolute Gasteiger partial charge is 0.126 e. The van der Waals surface area contributed by atoms with Crippen LogP contribution in [0.1, 0.15) is 36.6 Å². The minimum absolute atomic E-state index is 0.151. The Hall–Kier alpha value is -1.38. The van der Waals surface area contributed by atoms with E-state index in [0.29, 0.717) is 18.0 Å². The molecule has 21 heavy (non-hydrogen) atoms.